The predicted octanol–water partition coefficient (Wildman–Crippen LogP) is 2.72. The molecule has 1 heterocycles. The van der Waals surface area contributed by atoms with Gasteiger partial charge in [-0.05, 0) is 32.1 Å². The molecule has 5 heteroatoms. The maximum atomic E-state index is 6.49. The molecule has 0 spiro atoms. The van der Waals surface area contributed by atoms with Crippen LogP contribution in [-0.4, -0.2) is 51.4 Å². The Morgan fingerprint density at radius 1 is 1.48 bits per heavy atom. The molecule has 1 N–H and O–H groups in total. The molecule has 2 unspecified atom stereocenters. The van der Waals surface area contributed by atoms with E-state index in [-0.39, 0.29) is 12.1 Å². The van der Waals surface area contributed by atoms with Gasteiger partial charge in [0.25, 0.3) is 0 Å². The molecule has 0 aromatic heterocycles. The maximum absolute atomic E-state index is 6.49. The fraction of sp³-hybridized carbons (Fsp3) is 0.625. The van der Waals surface area contributed by atoms with E-state index in [0.29, 0.717) is 0 Å². The van der Waals surface area contributed by atoms with Gasteiger partial charge in [-0.25, -0.2) is 0 Å². The second-order valence-electron chi connectivity index (χ2n) is 5.30. The Hall–Kier alpha value is -0.810. The van der Waals surface area contributed by atoms with E-state index in [0.717, 1.165) is 49.0 Å². The summed E-state index contributed by atoms with van der Waals surface area (Å²) in [5.74, 6) is 0.834. The number of nitrogens with one attached hydrogen (secondary N) is 1. The van der Waals surface area contributed by atoms with Crippen molar-refractivity contribution in [3.63, 3.8) is 0 Å². The molecular weight excluding hydrogens is 288 g/mol. The van der Waals surface area contributed by atoms with Gasteiger partial charge in [0.2, 0.25) is 0 Å². The molecule has 1 fully saturated rings. The summed E-state index contributed by atoms with van der Waals surface area (Å²) in [5.41, 5.74) is 1.04. The van der Waals surface area contributed by atoms with Crippen molar-refractivity contribution in [3.05, 3.63) is 28.8 Å². The van der Waals surface area contributed by atoms with E-state index in [1.165, 1.54) is 0 Å². The van der Waals surface area contributed by atoms with Crippen LogP contribution in [0.25, 0.3) is 0 Å². The number of halogens is 1. The smallest absolute Gasteiger partial charge is 0.125 e. The third kappa shape index (κ3) is 3.69. The fourth-order valence-corrected chi connectivity index (χ4v) is 3.32. The van der Waals surface area contributed by atoms with Crippen LogP contribution in [0.1, 0.15) is 24.9 Å². The summed E-state index contributed by atoms with van der Waals surface area (Å²) in [6.07, 6.45) is 1.18. The highest BCUT2D eigenvalue weighted by atomic mass is 35.5. The molecule has 1 aromatic rings. The molecule has 2 rings (SSSR count). The van der Waals surface area contributed by atoms with Crippen LogP contribution in [0.2, 0.25) is 5.02 Å². The van der Waals surface area contributed by atoms with Crippen LogP contribution in [0.15, 0.2) is 18.2 Å². The van der Waals surface area contributed by atoms with Crippen molar-refractivity contribution in [1.82, 2.24) is 10.2 Å². The molecule has 4 nitrogen and oxygen atoms in total. The molecule has 1 saturated heterocycles. The van der Waals surface area contributed by atoms with Crippen LogP contribution in [0, 0.1) is 0 Å². The minimum atomic E-state index is 0.0732. The lowest BCUT2D eigenvalue weighted by atomic mass is 9.96. The van der Waals surface area contributed by atoms with Crippen molar-refractivity contribution in [2.24, 2.45) is 0 Å². The van der Waals surface area contributed by atoms with Crippen molar-refractivity contribution in [2.45, 2.75) is 25.5 Å². The zero-order chi connectivity index (χ0) is 15.2. The van der Waals surface area contributed by atoms with E-state index in [4.69, 9.17) is 21.1 Å². The van der Waals surface area contributed by atoms with E-state index in [9.17, 15) is 0 Å². The SMILES string of the molecule is CCCN1CCOC(CNC)C1c1c(Cl)cccc1OC. The molecule has 1 aromatic carbocycles. The summed E-state index contributed by atoms with van der Waals surface area (Å²) in [6, 6.07) is 5.94. The normalized spacial score (nSPS) is 23.2. The number of rotatable bonds is 6. The molecular formula is C16H25ClN2O2. The Morgan fingerprint density at radius 2 is 2.29 bits per heavy atom. The van der Waals surface area contributed by atoms with Gasteiger partial charge in [-0.2, -0.15) is 0 Å². The van der Waals surface area contributed by atoms with Crippen LogP contribution in [0.5, 0.6) is 5.75 Å². The van der Waals surface area contributed by atoms with Gasteiger partial charge in [-0.1, -0.05) is 24.6 Å². The molecule has 1 aliphatic heterocycles. The van der Waals surface area contributed by atoms with Gasteiger partial charge in [-0.15, -0.1) is 0 Å². The minimum absolute atomic E-state index is 0.0732. The molecule has 1 aliphatic rings. The largest absolute Gasteiger partial charge is 0.496 e. The van der Waals surface area contributed by atoms with Crippen molar-refractivity contribution in [3.8, 4) is 5.75 Å². The number of benzene rings is 1. The van der Waals surface area contributed by atoms with E-state index >= 15 is 0 Å². The highest BCUT2D eigenvalue weighted by molar-refractivity contribution is 6.31. The maximum Gasteiger partial charge on any atom is 0.125 e. The second-order valence-corrected chi connectivity index (χ2v) is 5.71. The minimum Gasteiger partial charge on any atom is -0.496 e. The first kappa shape index (κ1) is 16.6. The van der Waals surface area contributed by atoms with Crippen molar-refractivity contribution < 1.29 is 9.47 Å². The van der Waals surface area contributed by atoms with Gasteiger partial charge in [-0.3, -0.25) is 4.90 Å². The quantitative estimate of drug-likeness (QED) is 0.876. The summed E-state index contributed by atoms with van der Waals surface area (Å²) >= 11 is 6.49. The average Bonchev–Trinajstić information content (AvgIpc) is 2.49. The summed E-state index contributed by atoms with van der Waals surface area (Å²) in [5, 5.41) is 3.96. The molecule has 2 atom stereocenters. The number of morpholine rings is 1. The highest BCUT2D eigenvalue weighted by Crippen LogP contribution is 2.39. The third-order valence-corrected chi connectivity index (χ3v) is 4.23. The lowest BCUT2D eigenvalue weighted by Gasteiger charge is -2.42. The summed E-state index contributed by atoms with van der Waals surface area (Å²) in [7, 11) is 3.64. The van der Waals surface area contributed by atoms with Crippen LogP contribution in [0.4, 0.5) is 0 Å². The third-order valence-electron chi connectivity index (χ3n) is 3.90. The summed E-state index contributed by atoms with van der Waals surface area (Å²) in [6.45, 7) is 5.70. The van der Waals surface area contributed by atoms with E-state index in [1.807, 2.05) is 25.2 Å². The number of ether oxygens (including phenoxy) is 2. The summed E-state index contributed by atoms with van der Waals surface area (Å²) < 4.78 is 11.5. The average molecular weight is 313 g/mol. The zero-order valence-electron chi connectivity index (χ0n) is 13.1. The monoisotopic (exact) mass is 312 g/mol. The Labute approximate surface area is 132 Å². The number of likely N-dealkylation sites (N-methyl/N-ethyl adjacent to an activating group) is 1. The molecule has 0 amide bonds. The van der Waals surface area contributed by atoms with Crippen molar-refractivity contribution in [1.29, 1.82) is 0 Å². The van der Waals surface area contributed by atoms with Gasteiger partial charge >= 0.3 is 0 Å². The first-order valence-corrected chi connectivity index (χ1v) is 7.93. The topological polar surface area (TPSA) is 33.7 Å². The second kappa shape index (κ2) is 7.99. The van der Waals surface area contributed by atoms with Crippen molar-refractivity contribution >= 4 is 11.6 Å². The Balaban J connectivity index is 2.41. The molecule has 0 saturated carbocycles. The molecule has 118 valence electrons. The van der Waals surface area contributed by atoms with Crippen LogP contribution >= 0.6 is 11.6 Å². The number of hydrogen-bond acceptors (Lipinski definition) is 4. The van der Waals surface area contributed by atoms with Gasteiger partial charge in [0.1, 0.15) is 5.75 Å². The number of hydrogen-bond donors (Lipinski definition) is 1. The first-order chi connectivity index (χ1) is 10.2. The molecule has 0 bridgehead atoms. The Kier molecular flexibility index (Phi) is 6.30. The van der Waals surface area contributed by atoms with E-state index in [1.54, 1.807) is 7.11 Å². The standard InChI is InChI=1S/C16H25ClN2O2/c1-4-8-19-9-10-21-14(11-18-2)16(19)15-12(17)6-5-7-13(15)20-3/h5-7,14,16,18H,4,8-11H2,1-3H3. The number of nitrogens with zero attached hydrogens (tertiary/aromatic N) is 1. The van der Waals surface area contributed by atoms with Gasteiger partial charge in [0, 0.05) is 23.7 Å². The van der Waals surface area contributed by atoms with Gasteiger partial charge in [0.05, 0.1) is 25.9 Å². The predicted molar refractivity (Wildman–Crippen MR) is 86.3 cm³/mol. The highest BCUT2D eigenvalue weighted by Gasteiger charge is 2.35. The van der Waals surface area contributed by atoms with Crippen LogP contribution < -0.4 is 10.1 Å². The van der Waals surface area contributed by atoms with Gasteiger partial charge in [0.15, 0.2) is 0 Å². The van der Waals surface area contributed by atoms with E-state index < -0.39 is 0 Å². The summed E-state index contributed by atoms with van der Waals surface area (Å²) in [4.78, 5) is 2.45. The molecule has 0 aliphatic carbocycles. The van der Waals surface area contributed by atoms with Crippen LogP contribution in [0.3, 0.4) is 0 Å². The molecule has 21 heavy (non-hydrogen) atoms. The van der Waals surface area contributed by atoms with Crippen LogP contribution in [-0.2, 0) is 4.74 Å². The van der Waals surface area contributed by atoms with E-state index in [2.05, 4.69) is 17.1 Å². The number of methoxy groups -OCH3 is 1. The molecule has 0 radical (unpaired) electrons. The lowest BCUT2D eigenvalue weighted by Crippen LogP contribution is -2.49. The van der Waals surface area contributed by atoms with Crippen molar-refractivity contribution in [2.75, 3.05) is 40.4 Å². The zero-order valence-corrected chi connectivity index (χ0v) is 13.8. The Morgan fingerprint density at radius 3 is 2.95 bits per heavy atom. The van der Waals surface area contributed by atoms with Gasteiger partial charge < -0.3 is 14.8 Å². The lowest BCUT2D eigenvalue weighted by molar-refractivity contribution is -0.0709. The first-order valence-electron chi connectivity index (χ1n) is 7.55. The Bertz CT molecular complexity index is 438. The fourth-order valence-electron chi connectivity index (χ4n) is 3.05.